The van der Waals surface area contributed by atoms with Crippen LogP contribution < -0.4 is 0 Å². The first-order valence-corrected chi connectivity index (χ1v) is 10.3. The maximum atomic E-state index is 3.74. The maximum absolute atomic E-state index is 3.74. The van der Waals surface area contributed by atoms with E-state index in [1.54, 1.807) is 0 Å². The Bertz CT molecular complexity index is 1020. The van der Waals surface area contributed by atoms with E-state index >= 15 is 0 Å². The molecule has 1 heteroatoms. The molecule has 1 unspecified atom stereocenters. The molecule has 5 rings (SSSR count). The van der Waals surface area contributed by atoms with Crippen LogP contribution in [0.1, 0.15) is 35.6 Å². The zero-order valence-electron chi connectivity index (χ0n) is 15.3. The van der Waals surface area contributed by atoms with Crippen LogP contribution in [0.15, 0.2) is 101 Å². The van der Waals surface area contributed by atoms with Gasteiger partial charge in [0, 0.05) is 4.47 Å². The zero-order valence-corrected chi connectivity index (χ0v) is 16.9. The molecular formula is C26H21Br. The predicted octanol–water partition coefficient (Wildman–Crippen LogP) is 7.15. The zero-order chi connectivity index (χ0) is 18.4. The van der Waals surface area contributed by atoms with Crippen molar-refractivity contribution in [3.63, 3.8) is 0 Å². The number of hydrogen-bond acceptors (Lipinski definition) is 0. The third-order valence-electron chi connectivity index (χ3n) is 5.98. The Morgan fingerprint density at radius 3 is 2.11 bits per heavy atom. The van der Waals surface area contributed by atoms with E-state index in [2.05, 4.69) is 114 Å². The van der Waals surface area contributed by atoms with Crippen LogP contribution in [-0.2, 0) is 5.41 Å². The van der Waals surface area contributed by atoms with Gasteiger partial charge in [0.05, 0.1) is 5.41 Å². The van der Waals surface area contributed by atoms with Crippen LogP contribution in [-0.4, -0.2) is 0 Å². The molecular weight excluding hydrogens is 392 g/mol. The van der Waals surface area contributed by atoms with Crippen LogP contribution in [0.5, 0.6) is 0 Å². The van der Waals surface area contributed by atoms with Crippen molar-refractivity contribution in [1.82, 2.24) is 0 Å². The van der Waals surface area contributed by atoms with Crippen molar-refractivity contribution in [2.24, 2.45) is 5.92 Å². The quantitative estimate of drug-likeness (QED) is 0.419. The van der Waals surface area contributed by atoms with E-state index in [1.165, 1.54) is 33.4 Å². The molecule has 3 aromatic rings. The molecule has 1 atom stereocenters. The number of hydrogen-bond donors (Lipinski definition) is 0. The number of halogens is 1. The van der Waals surface area contributed by atoms with Gasteiger partial charge in [-0.05, 0) is 57.9 Å². The van der Waals surface area contributed by atoms with Crippen LogP contribution >= 0.6 is 15.9 Å². The van der Waals surface area contributed by atoms with Crippen LogP contribution in [0.3, 0.4) is 0 Å². The summed E-state index contributed by atoms with van der Waals surface area (Å²) in [6.07, 6.45) is 5.79. The maximum Gasteiger partial charge on any atom is 0.0677 e. The second kappa shape index (κ2) is 6.35. The molecule has 0 spiro atoms. The molecule has 0 aliphatic heterocycles. The highest BCUT2D eigenvalue weighted by Gasteiger charge is 2.47. The van der Waals surface area contributed by atoms with Crippen molar-refractivity contribution < 1.29 is 0 Å². The SMILES string of the molecule is CC1C=CC2=C(C1)C(c1ccccc1)(c1ccccc1)c1cc(Br)ccc12. The van der Waals surface area contributed by atoms with Crippen molar-refractivity contribution >= 4 is 21.5 Å². The summed E-state index contributed by atoms with van der Waals surface area (Å²) in [7, 11) is 0. The molecule has 0 fully saturated rings. The van der Waals surface area contributed by atoms with Gasteiger partial charge in [0.25, 0.3) is 0 Å². The molecule has 0 amide bonds. The molecule has 0 bridgehead atoms. The molecule has 2 aliphatic rings. The molecule has 27 heavy (non-hydrogen) atoms. The van der Waals surface area contributed by atoms with E-state index in [9.17, 15) is 0 Å². The van der Waals surface area contributed by atoms with Gasteiger partial charge in [-0.1, -0.05) is 102 Å². The lowest BCUT2D eigenvalue weighted by Gasteiger charge is -2.37. The fraction of sp³-hybridized carbons (Fsp3) is 0.154. The minimum atomic E-state index is -0.226. The van der Waals surface area contributed by atoms with Crippen LogP contribution in [0.4, 0.5) is 0 Å². The summed E-state index contributed by atoms with van der Waals surface area (Å²) in [6, 6.07) is 28.8. The first kappa shape index (κ1) is 16.8. The number of allylic oxidation sites excluding steroid dienone is 4. The van der Waals surface area contributed by atoms with Gasteiger partial charge >= 0.3 is 0 Å². The molecule has 0 saturated carbocycles. The molecule has 0 saturated heterocycles. The standard InChI is InChI=1S/C26H21Br/c1-18-12-14-22-23-15-13-21(27)17-25(23)26(24(22)16-18,19-8-4-2-5-9-19)20-10-6-3-7-11-20/h2-15,17-18H,16H2,1H3. The summed E-state index contributed by atoms with van der Waals surface area (Å²) < 4.78 is 1.13. The Kier molecular flexibility index (Phi) is 3.94. The molecule has 3 aromatic carbocycles. The monoisotopic (exact) mass is 412 g/mol. The normalized spacial score (nSPS) is 19.7. The number of rotatable bonds is 2. The third kappa shape index (κ3) is 2.41. The molecule has 0 radical (unpaired) electrons. The van der Waals surface area contributed by atoms with Crippen molar-refractivity contribution in [1.29, 1.82) is 0 Å². The van der Waals surface area contributed by atoms with Gasteiger partial charge < -0.3 is 0 Å². The fourth-order valence-electron chi connectivity index (χ4n) is 4.90. The van der Waals surface area contributed by atoms with Gasteiger partial charge in [-0.15, -0.1) is 0 Å². The van der Waals surface area contributed by atoms with E-state index in [0.29, 0.717) is 5.92 Å². The molecule has 0 heterocycles. The first-order chi connectivity index (χ1) is 13.2. The van der Waals surface area contributed by atoms with E-state index in [-0.39, 0.29) is 5.41 Å². The lowest BCUT2D eigenvalue weighted by Crippen LogP contribution is -2.31. The lowest BCUT2D eigenvalue weighted by molar-refractivity contribution is 0.622. The molecule has 132 valence electrons. The summed E-state index contributed by atoms with van der Waals surface area (Å²) in [5, 5.41) is 0. The predicted molar refractivity (Wildman–Crippen MR) is 117 cm³/mol. The van der Waals surface area contributed by atoms with Gasteiger partial charge in [0.15, 0.2) is 0 Å². The Balaban J connectivity index is 1.94. The molecule has 2 aliphatic carbocycles. The Morgan fingerprint density at radius 1 is 0.852 bits per heavy atom. The molecule has 0 N–H and O–H groups in total. The minimum Gasteiger partial charge on any atom is -0.0808 e. The third-order valence-corrected chi connectivity index (χ3v) is 6.48. The summed E-state index contributed by atoms with van der Waals surface area (Å²) in [5.41, 5.74) is 8.16. The summed E-state index contributed by atoms with van der Waals surface area (Å²) in [6.45, 7) is 2.32. The van der Waals surface area contributed by atoms with Crippen LogP contribution in [0.2, 0.25) is 0 Å². The highest BCUT2D eigenvalue weighted by atomic mass is 79.9. The van der Waals surface area contributed by atoms with Crippen molar-refractivity contribution in [3.8, 4) is 0 Å². The van der Waals surface area contributed by atoms with E-state index in [4.69, 9.17) is 0 Å². The second-order valence-electron chi connectivity index (χ2n) is 7.60. The van der Waals surface area contributed by atoms with E-state index in [0.717, 1.165) is 10.9 Å². The summed E-state index contributed by atoms with van der Waals surface area (Å²) in [4.78, 5) is 0. The van der Waals surface area contributed by atoms with Gasteiger partial charge in [0.2, 0.25) is 0 Å². The van der Waals surface area contributed by atoms with E-state index < -0.39 is 0 Å². The Labute approximate surface area is 169 Å². The van der Waals surface area contributed by atoms with Crippen LogP contribution in [0, 0.1) is 5.92 Å². The number of fused-ring (bicyclic) bond motifs is 2. The van der Waals surface area contributed by atoms with Gasteiger partial charge in [-0.2, -0.15) is 0 Å². The molecule has 0 nitrogen and oxygen atoms in total. The Morgan fingerprint density at radius 2 is 1.48 bits per heavy atom. The minimum absolute atomic E-state index is 0.226. The smallest absolute Gasteiger partial charge is 0.0677 e. The van der Waals surface area contributed by atoms with Gasteiger partial charge in [-0.25, -0.2) is 0 Å². The van der Waals surface area contributed by atoms with Crippen LogP contribution in [0.25, 0.3) is 5.57 Å². The summed E-state index contributed by atoms with van der Waals surface area (Å²) in [5.74, 6) is 0.549. The summed E-state index contributed by atoms with van der Waals surface area (Å²) >= 11 is 3.74. The van der Waals surface area contributed by atoms with Crippen molar-refractivity contribution in [2.45, 2.75) is 18.8 Å². The first-order valence-electron chi connectivity index (χ1n) is 9.54. The van der Waals surface area contributed by atoms with Gasteiger partial charge in [-0.3, -0.25) is 0 Å². The van der Waals surface area contributed by atoms with E-state index in [1.807, 2.05) is 0 Å². The fourth-order valence-corrected chi connectivity index (χ4v) is 5.26. The largest absolute Gasteiger partial charge is 0.0808 e. The topological polar surface area (TPSA) is 0 Å². The highest BCUT2D eigenvalue weighted by molar-refractivity contribution is 9.10. The van der Waals surface area contributed by atoms with Crippen molar-refractivity contribution in [3.05, 3.63) is 123 Å². The lowest BCUT2D eigenvalue weighted by atomic mass is 9.65. The van der Waals surface area contributed by atoms with Crippen molar-refractivity contribution in [2.75, 3.05) is 0 Å². The Hall–Kier alpha value is -2.38. The average Bonchev–Trinajstić information content (AvgIpc) is 2.99. The average molecular weight is 413 g/mol. The second-order valence-corrected chi connectivity index (χ2v) is 8.52. The van der Waals surface area contributed by atoms with Gasteiger partial charge in [0.1, 0.15) is 0 Å². The molecule has 0 aromatic heterocycles. The number of benzene rings is 3. The highest BCUT2D eigenvalue weighted by Crippen LogP contribution is 2.57.